The molecule has 0 fully saturated rings. The molecule has 1 amide bonds. The lowest BCUT2D eigenvalue weighted by Gasteiger charge is -2.09. The van der Waals surface area contributed by atoms with Crippen LogP contribution >= 0.6 is 22.9 Å². The Bertz CT molecular complexity index is 767. The molecule has 3 aromatic rings. The quantitative estimate of drug-likeness (QED) is 0.690. The van der Waals surface area contributed by atoms with Crippen LogP contribution in [-0.4, -0.2) is 22.5 Å². The summed E-state index contributed by atoms with van der Waals surface area (Å²) in [6, 6.07) is 8.97. The number of rotatable bonds is 4. The van der Waals surface area contributed by atoms with E-state index < -0.39 is 6.10 Å². The van der Waals surface area contributed by atoms with Crippen LogP contribution in [0.5, 0.6) is 0 Å². The van der Waals surface area contributed by atoms with Gasteiger partial charge in [-0.15, -0.1) is 0 Å². The van der Waals surface area contributed by atoms with E-state index >= 15 is 0 Å². The van der Waals surface area contributed by atoms with Gasteiger partial charge in [0.15, 0.2) is 0 Å². The minimum Gasteiger partial charge on any atom is -0.387 e. The summed E-state index contributed by atoms with van der Waals surface area (Å²) in [5, 5.41) is 17.9. The SMILES string of the molecule is O=C(NCC(O)c1ccsc1)c1cc2cc(Cl)ccc2[nH]1. The molecule has 0 spiro atoms. The number of benzene rings is 1. The fourth-order valence-corrected chi connectivity index (χ4v) is 2.98. The third-order valence-electron chi connectivity index (χ3n) is 3.21. The molecule has 0 aliphatic carbocycles. The minimum atomic E-state index is -0.695. The summed E-state index contributed by atoms with van der Waals surface area (Å²) in [4.78, 5) is 15.1. The molecule has 6 heteroatoms. The van der Waals surface area contributed by atoms with Gasteiger partial charge in [-0.3, -0.25) is 4.79 Å². The van der Waals surface area contributed by atoms with Gasteiger partial charge in [-0.05, 0) is 46.7 Å². The number of amides is 1. The maximum atomic E-state index is 12.1. The van der Waals surface area contributed by atoms with Gasteiger partial charge in [0, 0.05) is 22.5 Å². The van der Waals surface area contributed by atoms with Crippen LogP contribution in [0.25, 0.3) is 10.9 Å². The molecule has 1 unspecified atom stereocenters. The summed E-state index contributed by atoms with van der Waals surface area (Å²) in [5.74, 6) is -0.253. The standard InChI is InChI=1S/C15H13ClN2O2S/c16-11-1-2-12-10(5-11)6-13(18-12)15(20)17-7-14(19)9-3-4-21-8-9/h1-6,8,14,18-19H,7H2,(H,17,20). The molecule has 0 radical (unpaired) electrons. The van der Waals surface area contributed by atoms with Crippen LogP contribution in [0.3, 0.4) is 0 Å². The van der Waals surface area contributed by atoms with E-state index in [1.165, 1.54) is 11.3 Å². The third-order valence-corrected chi connectivity index (χ3v) is 4.15. The molecule has 3 rings (SSSR count). The van der Waals surface area contributed by atoms with E-state index in [0.717, 1.165) is 16.5 Å². The highest BCUT2D eigenvalue weighted by Gasteiger charge is 2.13. The van der Waals surface area contributed by atoms with Gasteiger partial charge in [-0.25, -0.2) is 0 Å². The van der Waals surface area contributed by atoms with Crippen molar-refractivity contribution in [2.24, 2.45) is 0 Å². The first-order valence-corrected chi connectivity index (χ1v) is 7.72. The van der Waals surface area contributed by atoms with E-state index in [1.807, 2.05) is 22.9 Å². The van der Waals surface area contributed by atoms with E-state index in [-0.39, 0.29) is 12.5 Å². The predicted molar refractivity (Wildman–Crippen MR) is 84.9 cm³/mol. The molecule has 3 N–H and O–H groups in total. The van der Waals surface area contributed by atoms with Crippen LogP contribution < -0.4 is 5.32 Å². The molecule has 21 heavy (non-hydrogen) atoms. The largest absolute Gasteiger partial charge is 0.387 e. The maximum Gasteiger partial charge on any atom is 0.267 e. The van der Waals surface area contributed by atoms with Gasteiger partial charge in [-0.1, -0.05) is 11.6 Å². The van der Waals surface area contributed by atoms with Crippen molar-refractivity contribution in [1.82, 2.24) is 10.3 Å². The van der Waals surface area contributed by atoms with E-state index in [0.29, 0.717) is 10.7 Å². The number of halogens is 1. The molecule has 0 bridgehead atoms. The van der Waals surface area contributed by atoms with Gasteiger partial charge in [0.25, 0.3) is 5.91 Å². The van der Waals surface area contributed by atoms with Gasteiger partial charge in [0.05, 0.1) is 6.10 Å². The summed E-state index contributed by atoms with van der Waals surface area (Å²) in [6.07, 6.45) is -0.695. The number of H-pyrrole nitrogens is 1. The van der Waals surface area contributed by atoms with Gasteiger partial charge in [0.1, 0.15) is 5.69 Å². The van der Waals surface area contributed by atoms with Crippen molar-refractivity contribution in [2.75, 3.05) is 6.54 Å². The first-order chi connectivity index (χ1) is 10.1. The van der Waals surface area contributed by atoms with Crippen LogP contribution in [0.2, 0.25) is 5.02 Å². The van der Waals surface area contributed by atoms with E-state index in [9.17, 15) is 9.90 Å². The fraction of sp³-hybridized carbons (Fsp3) is 0.133. The van der Waals surface area contributed by atoms with Crippen LogP contribution in [0.1, 0.15) is 22.2 Å². The normalized spacial score (nSPS) is 12.5. The smallest absolute Gasteiger partial charge is 0.267 e. The second-order valence-electron chi connectivity index (χ2n) is 4.70. The molecular weight excluding hydrogens is 308 g/mol. The maximum absolute atomic E-state index is 12.1. The zero-order valence-corrected chi connectivity index (χ0v) is 12.5. The summed E-state index contributed by atoms with van der Waals surface area (Å²) >= 11 is 7.43. The number of nitrogens with one attached hydrogen (secondary N) is 2. The van der Waals surface area contributed by atoms with E-state index in [2.05, 4.69) is 10.3 Å². The number of hydrogen-bond acceptors (Lipinski definition) is 3. The van der Waals surface area contributed by atoms with Gasteiger partial charge >= 0.3 is 0 Å². The molecule has 2 aromatic heterocycles. The Morgan fingerprint density at radius 2 is 2.24 bits per heavy atom. The topological polar surface area (TPSA) is 65.1 Å². The van der Waals surface area contributed by atoms with E-state index in [4.69, 9.17) is 11.6 Å². The molecular formula is C15H13ClN2O2S. The first kappa shape index (κ1) is 14.1. The fourth-order valence-electron chi connectivity index (χ4n) is 2.09. The Hall–Kier alpha value is -1.82. The number of aliphatic hydroxyl groups is 1. The Kier molecular flexibility index (Phi) is 3.96. The number of carbonyl (C=O) groups excluding carboxylic acids is 1. The zero-order valence-electron chi connectivity index (χ0n) is 11.0. The number of thiophene rings is 1. The lowest BCUT2D eigenvalue weighted by molar-refractivity contribution is 0.0912. The molecule has 1 atom stereocenters. The Balaban J connectivity index is 1.69. The van der Waals surface area contributed by atoms with Crippen LogP contribution in [-0.2, 0) is 0 Å². The first-order valence-electron chi connectivity index (χ1n) is 6.40. The monoisotopic (exact) mass is 320 g/mol. The predicted octanol–water partition coefficient (Wildman–Crippen LogP) is 3.35. The van der Waals surface area contributed by atoms with Crippen LogP contribution in [0.4, 0.5) is 0 Å². The van der Waals surface area contributed by atoms with Crippen molar-refractivity contribution >= 4 is 39.7 Å². The Morgan fingerprint density at radius 1 is 1.38 bits per heavy atom. The second-order valence-corrected chi connectivity index (χ2v) is 5.91. The van der Waals surface area contributed by atoms with E-state index in [1.54, 1.807) is 18.2 Å². The number of fused-ring (bicyclic) bond motifs is 1. The zero-order chi connectivity index (χ0) is 14.8. The lowest BCUT2D eigenvalue weighted by atomic mass is 10.2. The van der Waals surface area contributed by atoms with Crippen molar-refractivity contribution in [3.05, 3.63) is 57.4 Å². The van der Waals surface area contributed by atoms with Crippen molar-refractivity contribution in [2.45, 2.75) is 6.10 Å². The summed E-state index contributed by atoms with van der Waals surface area (Å²) in [5.41, 5.74) is 2.11. The molecule has 0 aliphatic heterocycles. The Morgan fingerprint density at radius 3 is 3.00 bits per heavy atom. The average molecular weight is 321 g/mol. The number of hydrogen-bond donors (Lipinski definition) is 3. The summed E-state index contributed by atoms with van der Waals surface area (Å²) in [6.45, 7) is 0.172. The lowest BCUT2D eigenvalue weighted by Crippen LogP contribution is -2.28. The highest BCUT2D eigenvalue weighted by molar-refractivity contribution is 7.07. The van der Waals surface area contributed by atoms with Gasteiger partial charge < -0.3 is 15.4 Å². The second kappa shape index (κ2) is 5.89. The Labute approximate surface area is 130 Å². The molecule has 1 aromatic carbocycles. The van der Waals surface area contributed by atoms with Gasteiger partial charge in [0.2, 0.25) is 0 Å². The number of aromatic nitrogens is 1. The molecule has 4 nitrogen and oxygen atoms in total. The van der Waals surface area contributed by atoms with Crippen molar-refractivity contribution in [1.29, 1.82) is 0 Å². The average Bonchev–Trinajstić information content (AvgIpc) is 3.12. The molecule has 0 saturated heterocycles. The van der Waals surface area contributed by atoms with Crippen molar-refractivity contribution in [3.63, 3.8) is 0 Å². The highest BCUT2D eigenvalue weighted by Crippen LogP contribution is 2.20. The minimum absolute atomic E-state index is 0.172. The van der Waals surface area contributed by atoms with Gasteiger partial charge in [-0.2, -0.15) is 11.3 Å². The number of aromatic amines is 1. The van der Waals surface area contributed by atoms with Crippen LogP contribution in [0.15, 0.2) is 41.1 Å². The molecule has 2 heterocycles. The number of aliphatic hydroxyl groups excluding tert-OH is 1. The molecule has 0 aliphatic rings. The number of carbonyl (C=O) groups is 1. The molecule has 0 saturated carbocycles. The summed E-state index contributed by atoms with van der Waals surface area (Å²) in [7, 11) is 0. The van der Waals surface area contributed by atoms with Crippen LogP contribution in [0, 0.1) is 0 Å². The molecule has 108 valence electrons. The third kappa shape index (κ3) is 3.10. The van der Waals surface area contributed by atoms with Crippen molar-refractivity contribution in [3.8, 4) is 0 Å². The van der Waals surface area contributed by atoms with Crippen molar-refractivity contribution < 1.29 is 9.90 Å². The highest BCUT2D eigenvalue weighted by atomic mass is 35.5. The summed E-state index contributed by atoms with van der Waals surface area (Å²) < 4.78 is 0.